The second-order valence-corrected chi connectivity index (χ2v) is 10.3. The lowest BCUT2D eigenvalue weighted by Gasteiger charge is -2.32. The Balaban J connectivity index is 1.32. The van der Waals surface area contributed by atoms with Crippen LogP contribution in [0.15, 0.2) is 29.6 Å². The number of benzene rings is 1. The van der Waals surface area contributed by atoms with Gasteiger partial charge in [-0.2, -0.15) is 11.8 Å². The number of amides is 1. The monoisotopic (exact) mass is 431 g/mol. The van der Waals surface area contributed by atoms with Crippen molar-refractivity contribution in [3.63, 3.8) is 0 Å². The standard InChI is InChI=1S/C23H29NO3S2/c1-27-20(25)14-28-11-3-2-6-18-16-8-9-17(13-16)21(18)24-23(26)19-7-4-5-15-10-12-29-22(15)19/h4-5,7,10,12,16-18,21H,2-3,6,8-9,11,13-14H2,1H3,(H,24,26). The van der Waals surface area contributed by atoms with Crippen molar-refractivity contribution in [3.05, 3.63) is 35.2 Å². The summed E-state index contributed by atoms with van der Waals surface area (Å²) in [6, 6.07) is 8.40. The summed E-state index contributed by atoms with van der Waals surface area (Å²) in [4.78, 5) is 24.3. The van der Waals surface area contributed by atoms with E-state index >= 15 is 0 Å². The molecule has 29 heavy (non-hydrogen) atoms. The summed E-state index contributed by atoms with van der Waals surface area (Å²) in [6.07, 6.45) is 7.30. The van der Waals surface area contributed by atoms with Crippen molar-refractivity contribution in [2.75, 3.05) is 18.6 Å². The average molecular weight is 432 g/mol. The first kappa shape index (κ1) is 20.7. The van der Waals surface area contributed by atoms with Crippen LogP contribution >= 0.6 is 23.1 Å². The van der Waals surface area contributed by atoms with Crippen molar-refractivity contribution in [2.45, 2.75) is 44.6 Å². The molecule has 0 spiro atoms. The predicted molar refractivity (Wildman–Crippen MR) is 121 cm³/mol. The third-order valence-electron chi connectivity index (χ3n) is 6.63. The van der Waals surface area contributed by atoms with Gasteiger partial charge in [0.25, 0.3) is 5.91 Å². The van der Waals surface area contributed by atoms with Gasteiger partial charge in [0.15, 0.2) is 0 Å². The third kappa shape index (κ3) is 4.64. The van der Waals surface area contributed by atoms with Crippen molar-refractivity contribution < 1.29 is 14.3 Å². The Bertz CT molecular complexity index is 865. The fraction of sp³-hybridized carbons (Fsp3) is 0.565. The van der Waals surface area contributed by atoms with Gasteiger partial charge in [0.2, 0.25) is 0 Å². The molecule has 0 radical (unpaired) electrons. The molecule has 4 atom stereocenters. The maximum absolute atomic E-state index is 13.1. The van der Waals surface area contributed by atoms with Crippen LogP contribution in [0.5, 0.6) is 0 Å². The number of hydrogen-bond donors (Lipinski definition) is 1. The number of thiophene rings is 1. The number of ether oxygens (including phenoxy) is 1. The highest BCUT2D eigenvalue weighted by Gasteiger charge is 2.47. The Morgan fingerprint density at radius 3 is 2.93 bits per heavy atom. The molecular formula is C23H29NO3S2. The summed E-state index contributed by atoms with van der Waals surface area (Å²) in [5.41, 5.74) is 0.818. The first-order chi connectivity index (χ1) is 14.2. The van der Waals surface area contributed by atoms with E-state index in [-0.39, 0.29) is 11.9 Å². The van der Waals surface area contributed by atoms with Crippen molar-refractivity contribution in [3.8, 4) is 0 Å². The summed E-state index contributed by atoms with van der Waals surface area (Å²) >= 11 is 3.30. The number of thioether (sulfide) groups is 1. The molecule has 6 heteroatoms. The summed E-state index contributed by atoms with van der Waals surface area (Å²) in [6.45, 7) is 0. The highest BCUT2D eigenvalue weighted by atomic mass is 32.2. The lowest BCUT2D eigenvalue weighted by Crippen LogP contribution is -2.44. The fourth-order valence-corrected chi connectivity index (χ4v) is 7.00. The molecule has 0 saturated heterocycles. The molecule has 4 unspecified atom stereocenters. The minimum atomic E-state index is -0.147. The number of unbranched alkanes of at least 4 members (excludes halogenated alkanes) is 1. The number of methoxy groups -OCH3 is 1. The van der Waals surface area contributed by atoms with Crippen molar-refractivity contribution in [2.24, 2.45) is 17.8 Å². The van der Waals surface area contributed by atoms with Gasteiger partial charge in [0.05, 0.1) is 18.4 Å². The van der Waals surface area contributed by atoms with Crippen LogP contribution in [0.4, 0.5) is 0 Å². The molecule has 2 aliphatic carbocycles. The first-order valence-corrected chi connectivity index (χ1v) is 12.6. The zero-order valence-corrected chi connectivity index (χ0v) is 18.5. The van der Waals surface area contributed by atoms with E-state index in [1.54, 1.807) is 23.1 Å². The molecule has 0 aliphatic heterocycles. The molecule has 1 heterocycles. The van der Waals surface area contributed by atoms with Gasteiger partial charge >= 0.3 is 5.97 Å². The van der Waals surface area contributed by atoms with E-state index in [4.69, 9.17) is 0 Å². The number of carbonyl (C=O) groups excluding carboxylic acids is 2. The van der Waals surface area contributed by atoms with E-state index in [1.165, 1.54) is 32.8 Å². The molecule has 1 N–H and O–H groups in total. The Kier molecular flexibility index (Phi) is 6.81. The summed E-state index contributed by atoms with van der Waals surface area (Å²) < 4.78 is 5.77. The summed E-state index contributed by atoms with van der Waals surface area (Å²) in [5, 5.41) is 6.64. The minimum absolute atomic E-state index is 0.0919. The van der Waals surface area contributed by atoms with E-state index in [0.29, 0.717) is 23.6 Å². The van der Waals surface area contributed by atoms with Gasteiger partial charge < -0.3 is 10.1 Å². The Morgan fingerprint density at radius 1 is 1.21 bits per heavy atom. The van der Waals surface area contributed by atoms with Crippen molar-refractivity contribution in [1.82, 2.24) is 5.32 Å². The van der Waals surface area contributed by atoms with Gasteiger partial charge in [-0.1, -0.05) is 18.6 Å². The maximum atomic E-state index is 13.1. The van der Waals surface area contributed by atoms with E-state index < -0.39 is 0 Å². The predicted octanol–water partition coefficient (Wildman–Crippen LogP) is 5.12. The van der Waals surface area contributed by atoms with Crippen molar-refractivity contribution in [1.29, 1.82) is 0 Å². The summed E-state index contributed by atoms with van der Waals surface area (Å²) in [5.74, 6) is 3.40. The lowest BCUT2D eigenvalue weighted by atomic mass is 9.81. The van der Waals surface area contributed by atoms with Gasteiger partial charge in [-0.3, -0.25) is 9.59 Å². The second kappa shape index (κ2) is 9.52. The normalized spacial score (nSPS) is 25.4. The van der Waals surface area contributed by atoms with Crippen LogP contribution in [0.3, 0.4) is 0 Å². The number of nitrogens with one attached hydrogen (secondary N) is 1. The SMILES string of the molecule is COC(=O)CSCCCCC1C2CCC(C2)C1NC(=O)c1cccc2ccsc12. The Labute approximate surface area is 180 Å². The number of fused-ring (bicyclic) bond motifs is 3. The van der Waals surface area contributed by atoms with Gasteiger partial charge in [-0.05, 0) is 78.5 Å². The molecular weight excluding hydrogens is 402 g/mol. The van der Waals surface area contributed by atoms with Crippen LogP contribution in [-0.4, -0.2) is 36.5 Å². The molecule has 156 valence electrons. The van der Waals surface area contributed by atoms with Gasteiger partial charge in [-0.25, -0.2) is 0 Å². The highest BCUT2D eigenvalue weighted by Crippen LogP contribution is 2.50. The van der Waals surface area contributed by atoms with Crippen LogP contribution in [0.25, 0.3) is 10.1 Å². The highest BCUT2D eigenvalue weighted by molar-refractivity contribution is 7.99. The molecule has 1 amide bonds. The largest absolute Gasteiger partial charge is 0.468 e. The molecule has 4 rings (SSSR count). The summed E-state index contributed by atoms with van der Waals surface area (Å²) in [7, 11) is 1.44. The fourth-order valence-electron chi connectivity index (χ4n) is 5.25. The number of carbonyl (C=O) groups is 2. The van der Waals surface area contributed by atoms with E-state index in [1.807, 2.05) is 12.1 Å². The molecule has 2 bridgehead atoms. The zero-order chi connectivity index (χ0) is 20.2. The Morgan fingerprint density at radius 2 is 2.07 bits per heavy atom. The van der Waals surface area contributed by atoms with E-state index in [0.717, 1.165) is 40.2 Å². The molecule has 2 aliphatic rings. The molecule has 4 nitrogen and oxygen atoms in total. The van der Waals surface area contributed by atoms with Crippen molar-refractivity contribution >= 4 is 45.1 Å². The van der Waals surface area contributed by atoms with E-state index in [9.17, 15) is 9.59 Å². The first-order valence-electron chi connectivity index (χ1n) is 10.6. The number of esters is 1. The minimum Gasteiger partial charge on any atom is -0.468 e. The van der Waals surface area contributed by atoms with Gasteiger partial charge in [0.1, 0.15) is 0 Å². The molecule has 1 aromatic carbocycles. The van der Waals surface area contributed by atoms with Crippen LogP contribution in [0.2, 0.25) is 0 Å². The molecule has 2 aromatic rings. The molecule has 2 fully saturated rings. The van der Waals surface area contributed by atoms with Crippen LogP contribution in [0, 0.1) is 17.8 Å². The smallest absolute Gasteiger partial charge is 0.315 e. The number of hydrogen-bond acceptors (Lipinski definition) is 5. The average Bonchev–Trinajstić information content (AvgIpc) is 3.46. The van der Waals surface area contributed by atoms with Crippen LogP contribution < -0.4 is 5.32 Å². The zero-order valence-electron chi connectivity index (χ0n) is 16.9. The quantitative estimate of drug-likeness (QED) is 0.442. The second-order valence-electron chi connectivity index (χ2n) is 8.27. The van der Waals surface area contributed by atoms with Gasteiger partial charge in [0, 0.05) is 10.7 Å². The van der Waals surface area contributed by atoms with E-state index in [2.05, 4.69) is 27.6 Å². The third-order valence-corrected chi connectivity index (χ3v) is 8.61. The maximum Gasteiger partial charge on any atom is 0.315 e. The lowest BCUT2D eigenvalue weighted by molar-refractivity contribution is -0.137. The van der Waals surface area contributed by atoms with Crippen LogP contribution in [0.1, 0.15) is 48.9 Å². The molecule has 2 saturated carbocycles. The Hall–Kier alpha value is -1.53. The van der Waals surface area contributed by atoms with Crippen LogP contribution in [-0.2, 0) is 9.53 Å². The topological polar surface area (TPSA) is 55.4 Å². The number of rotatable bonds is 9. The van der Waals surface area contributed by atoms with Gasteiger partial charge in [-0.15, -0.1) is 11.3 Å². The molecule has 1 aromatic heterocycles.